The molecule has 0 unspecified atom stereocenters. The fraction of sp³-hybridized carbons (Fsp3) is 0.189. The van der Waals surface area contributed by atoms with Gasteiger partial charge in [0.1, 0.15) is 10.7 Å². The molecule has 1 saturated heterocycles. The molecule has 45 heavy (non-hydrogen) atoms. The number of rotatable bonds is 6. The van der Waals surface area contributed by atoms with E-state index in [9.17, 15) is 14.9 Å². The van der Waals surface area contributed by atoms with Crippen LogP contribution in [-0.2, 0) is 4.79 Å². The van der Waals surface area contributed by atoms with Gasteiger partial charge in [0.15, 0.2) is 5.57 Å². The van der Waals surface area contributed by atoms with Crippen LogP contribution in [0.2, 0.25) is 0 Å². The Morgan fingerprint density at radius 3 is 2.09 bits per heavy atom. The average molecular weight is 612 g/mol. The highest BCUT2D eigenvalue weighted by molar-refractivity contribution is 7.07. The van der Waals surface area contributed by atoms with Crippen molar-refractivity contribution in [3.63, 3.8) is 0 Å². The Kier molecular flexibility index (Phi) is 8.83. The number of benzene rings is 3. The van der Waals surface area contributed by atoms with E-state index in [4.69, 9.17) is 0 Å². The summed E-state index contributed by atoms with van der Waals surface area (Å²) >= 11 is 1.15. The molecule has 0 spiro atoms. The number of hydrogen-bond donors (Lipinski definition) is 0. The van der Waals surface area contributed by atoms with E-state index in [0.29, 0.717) is 46.8 Å². The lowest BCUT2D eigenvalue weighted by Crippen LogP contribution is -2.50. The van der Waals surface area contributed by atoms with Crippen molar-refractivity contribution in [1.82, 2.24) is 19.4 Å². The summed E-state index contributed by atoms with van der Waals surface area (Å²) in [7, 11) is 0. The molecule has 7 nitrogen and oxygen atoms in total. The lowest BCUT2D eigenvalue weighted by Gasteiger charge is -2.39. The van der Waals surface area contributed by atoms with Crippen molar-refractivity contribution in [2.45, 2.75) is 19.9 Å². The van der Waals surface area contributed by atoms with Gasteiger partial charge in [-0.1, -0.05) is 72.8 Å². The molecule has 3 heterocycles. The number of aryl methyl sites for hydroxylation is 2. The number of pyridine rings is 1. The van der Waals surface area contributed by atoms with Gasteiger partial charge in [0, 0.05) is 32.4 Å². The molecule has 0 aliphatic carbocycles. The van der Waals surface area contributed by atoms with E-state index in [0.717, 1.165) is 22.5 Å². The van der Waals surface area contributed by atoms with Crippen LogP contribution < -0.4 is 14.8 Å². The van der Waals surface area contributed by atoms with Gasteiger partial charge >= 0.3 is 0 Å². The molecule has 1 aliphatic rings. The average Bonchev–Trinajstić information content (AvgIpc) is 3.39. The van der Waals surface area contributed by atoms with Crippen LogP contribution in [0.1, 0.15) is 34.0 Å². The minimum atomic E-state index is -0.364. The number of hydrogen-bond acceptors (Lipinski definition) is 6. The molecule has 0 N–H and O–H groups in total. The number of piperazine rings is 1. The fourth-order valence-electron chi connectivity index (χ4n) is 5.76. The predicted molar refractivity (Wildman–Crippen MR) is 178 cm³/mol. The molecule has 0 saturated carbocycles. The van der Waals surface area contributed by atoms with Crippen molar-refractivity contribution in [1.29, 1.82) is 5.26 Å². The second-order valence-corrected chi connectivity index (χ2v) is 12.1. The third-order valence-corrected chi connectivity index (χ3v) is 9.37. The zero-order valence-corrected chi connectivity index (χ0v) is 26.1. The van der Waals surface area contributed by atoms with Crippen molar-refractivity contribution >= 4 is 28.9 Å². The zero-order valence-electron chi connectivity index (χ0n) is 25.3. The maximum absolute atomic E-state index is 14.0. The fourth-order valence-corrected chi connectivity index (χ4v) is 6.84. The zero-order chi connectivity index (χ0) is 31.3. The Morgan fingerprint density at radius 2 is 1.51 bits per heavy atom. The molecule has 6 rings (SSSR count). The normalized spacial score (nSPS) is 14.8. The number of carbonyl (C=O) groups excluding carboxylic acids is 1. The highest BCUT2D eigenvalue weighted by Crippen LogP contribution is 2.29. The van der Waals surface area contributed by atoms with Crippen LogP contribution in [0.15, 0.2) is 108 Å². The first kappa shape index (κ1) is 29.9. The first-order valence-corrected chi connectivity index (χ1v) is 15.8. The molecule has 0 bridgehead atoms. The summed E-state index contributed by atoms with van der Waals surface area (Å²) in [6.07, 6.45) is 3.37. The standard InChI is InChI=1S/C37H33N5O2S/c1-26-16-17-31(23-27(26)2)42-36(44)33(24-30-15-9-10-18-39-30)45-37(42)32(25-38)35(43)41-21-19-40(20-22-41)34(28-11-5-3-6-12-28)29-13-7-4-8-14-29/h3-18,23-24,34H,19-22H2,1-2H3. The summed E-state index contributed by atoms with van der Waals surface area (Å²) < 4.78 is 2.23. The Bertz CT molecular complexity index is 2000. The summed E-state index contributed by atoms with van der Waals surface area (Å²) in [6.45, 7) is 6.21. The molecular formula is C37H33N5O2S. The minimum Gasteiger partial charge on any atom is -0.335 e. The predicted octanol–water partition coefficient (Wildman–Crippen LogP) is 4.35. The van der Waals surface area contributed by atoms with Crippen LogP contribution in [0.4, 0.5) is 0 Å². The summed E-state index contributed by atoms with van der Waals surface area (Å²) in [4.78, 5) is 36.4. The molecule has 8 heteroatoms. The third-order valence-electron chi connectivity index (χ3n) is 8.28. The molecule has 224 valence electrons. The Hall–Kier alpha value is -5.10. The monoisotopic (exact) mass is 611 g/mol. The third kappa shape index (κ3) is 6.27. The smallest absolute Gasteiger partial charge is 0.273 e. The van der Waals surface area contributed by atoms with Gasteiger partial charge < -0.3 is 4.90 Å². The van der Waals surface area contributed by atoms with E-state index < -0.39 is 0 Å². The summed E-state index contributed by atoms with van der Waals surface area (Å²) in [5, 5.41) is 10.4. The molecule has 3 aromatic carbocycles. The largest absolute Gasteiger partial charge is 0.335 e. The SMILES string of the molecule is Cc1ccc(-n2c(=C(C#N)C(=O)N3CCN(C(c4ccccc4)c4ccccc4)CC3)sc(=Cc3ccccn3)c2=O)cc1C. The Morgan fingerprint density at radius 1 is 0.867 bits per heavy atom. The van der Waals surface area contributed by atoms with Crippen LogP contribution in [0.3, 0.4) is 0 Å². The highest BCUT2D eigenvalue weighted by Gasteiger charge is 2.30. The van der Waals surface area contributed by atoms with Crippen LogP contribution >= 0.6 is 11.3 Å². The van der Waals surface area contributed by atoms with Crippen LogP contribution in [0, 0.1) is 25.2 Å². The first-order valence-electron chi connectivity index (χ1n) is 14.9. The van der Waals surface area contributed by atoms with Gasteiger partial charge in [-0.25, -0.2) is 0 Å². The van der Waals surface area contributed by atoms with Gasteiger partial charge in [-0.05, 0) is 66.4 Å². The second kappa shape index (κ2) is 13.3. The maximum atomic E-state index is 14.0. The summed E-state index contributed by atoms with van der Waals surface area (Å²) in [6, 6.07) is 34.2. The van der Waals surface area contributed by atoms with Crippen molar-refractivity contribution in [2.75, 3.05) is 26.2 Å². The van der Waals surface area contributed by atoms with Gasteiger partial charge in [-0.3, -0.25) is 24.0 Å². The number of amides is 1. The van der Waals surface area contributed by atoms with Crippen molar-refractivity contribution < 1.29 is 4.79 Å². The van der Waals surface area contributed by atoms with E-state index in [1.807, 2.05) is 62.4 Å². The van der Waals surface area contributed by atoms with Crippen LogP contribution in [-0.4, -0.2) is 51.4 Å². The number of nitriles is 1. The van der Waals surface area contributed by atoms with E-state index in [1.54, 1.807) is 17.2 Å². The summed E-state index contributed by atoms with van der Waals surface area (Å²) in [5.74, 6) is -0.364. The summed E-state index contributed by atoms with van der Waals surface area (Å²) in [5.41, 5.74) is 5.41. The van der Waals surface area contributed by atoms with Crippen molar-refractivity contribution in [3.05, 3.63) is 151 Å². The van der Waals surface area contributed by atoms with Crippen molar-refractivity contribution in [3.8, 4) is 11.8 Å². The number of thiazole rings is 1. The number of nitrogens with zero attached hydrogens (tertiary/aromatic N) is 5. The number of carbonyl (C=O) groups is 1. The lowest BCUT2D eigenvalue weighted by atomic mass is 9.96. The Labute approximate surface area is 266 Å². The van der Waals surface area contributed by atoms with Gasteiger partial charge in [-0.2, -0.15) is 5.26 Å². The molecule has 1 amide bonds. The molecule has 2 aromatic heterocycles. The first-order chi connectivity index (χ1) is 21.9. The Balaban J connectivity index is 1.37. The lowest BCUT2D eigenvalue weighted by molar-refractivity contribution is -0.126. The molecule has 5 aromatic rings. The van der Waals surface area contributed by atoms with E-state index >= 15 is 0 Å². The van der Waals surface area contributed by atoms with Crippen LogP contribution in [0.5, 0.6) is 0 Å². The molecule has 0 radical (unpaired) electrons. The maximum Gasteiger partial charge on any atom is 0.273 e. The highest BCUT2D eigenvalue weighted by atomic mass is 32.1. The van der Waals surface area contributed by atoms with Crippen LogP contribution in [0.25, 0.3) is 17.3 Å². The minimum absolute atomic E-state index is 0.0351. The number of aromatic nitrogens is 2. The van der Waals surface area contributed by atoms with Crippen molar-refractivity contribution in [2.24, 2.45) is 0 Å². The van der Waals surface area contributed by atoms with E-state index in [2.05, 4.69) is 64.5 Å². The quantitative estimate of drug-likeness (QED) is 0.285. The van der Waals surface area contributed by atoms with Gasteiger partial charge in [0.2, 0.25) is 0 Å². The molecule has 1 fully saturated rings. The molecule has 1 aliphatic heterocycles. The van der Waals surface area contributed by atoms with Gasteiger partial charge in [0.05, 0.1) is 22.0 Å². The molecule has 0 atom stereocenters. The topological polar surface area (TPSA) is 82.2 Å². The van der Waals surface area contributed by atoms with Gasteiger partial charge in [0.25, 0.3) is 11.5 Å². The molecular weight excluding hydrogens is 579 g/mol. The van der Waals surface area contributed by atoms with E-state index in [-0.39, 0.29) is 23.1 Å². The van der Waals surface area contributed by atoms with Gasteiger partial charge in [-0.15, -0.1) is 11.3 Å². The van der Waals surface area contributed by atoms with E-state index in [1.165, 1.54) is 15.7 Å². The second-order valence-electron chi connectivity index (χ2n) is 11.1.